The van der Waals surface area contributed by atoms with E-state index in [0.29, 0.717) is 0 Å². The monoisotopic (exact) mass is 171 g/mol. The van der Waals surface area contributed by atoms with Gasteiger partial charge in [0.15, 0.2) is 0 Å². The fourth-order valence-electron chi connectivity index (χ4n) is 2.55. The van der Waals surface area contributed by atoms with Crippen LogP contribution in [0.1, 0.15) is 19.3 Å². The van der Waals surface area contributed by atoms with Crippen molar-refractivity contribution in [1.82, 2.24) is 4.90 Å². The average Bonchev–Trinajstić information content (AvgIpc) is 2.44. The highest BCUT2D eigenvalue weighted by Crippen LogP contribution is 2.40. The molecule has 0 aliphatic carbocycles. The van der Waals surface area contributed by atoms with Gasteiger partial charge in [-0.05, 0) is 30.3 Å². The van der Waals surface area contributed by atoms with E-state index in [1.54, 1.807) is 0 Å². The molecule has 2 aliphatic heterocycles. The second-order valence-corrected chi connectivity index (χ2v) is 3.93. The highest BCUT2D eigenvalue weighted by molar-refractivity contribution is 5.17. The van der Waals surface area contributed by atoms with Crippen molar-refractivity contribution in [1.29, 1.82) is 0 Å². The Balaban J connectivity index is 2.14. The van der Waals surface area contributed by atoms with Crippen LogP contribution in [0.5, 0.6) is 0 Å². The summed E-state index contributed by atoms with van der Waals surface area (Å²) in [6.45, 7) is 6.16. The van der Waals surface area contributed by atoms with Crippen LogP contribution in [0.25, 0.3) is 0 Å². The van der Waals surface area contributed by atoms with Crippen LogP contribution in [-0.4, -0.2) is 30.1 Å². The Labute approximate surface area is 71.9 Å². The molecule has 0 aromatic heterocycles. The largest absolute Gasteiger partial charge is 0.291 e. The maximum Gasteiger partial charge on any atom is 0.106 e. The van der Waals surface area contributed by atoms with E-state index in [1.807, 2.05) is 0 Å². The van der Waals surface area contributed by atoms with Crippen LogP contribution in [0, 0.1) is 0 Å². The molecule has 0 saturated carbocycles. The van der Waals surface area contributed by atoms with Crippen LogP contribution in [0.15, 0.2) is 12.2 Å². The molecule has 0 aromatic rings. The van der Waals surface area contributed by atoms with Gasteiger partial charge in [-0.3, -0.25) is 4.90 Å². The van der Waals surface area contributed by atoms with Crippen molar-refractivity contribution in [3.8, 4) is 0 Å². The first-order valence-electron chi connectivity index (χ1n) is 4.42. The Bertz CT molecular complexity index is 207. The summed E-state index contributed by atoms with van der Waals surface area (Å²) in [7, 11) is 0. The lowest BCUT2D eigenvalue weighted by Crippen LogP contribution is -2.41. The normalized spacial score (nSPS) is 35.9. The predicted octanol–water partition coefficient (Wildman–Crippen LogP) is 1.68. The van der Waals surface area contributed by atoms with E-state index in [-0.39, 0.29) is 12.1 Å². The van der Waals surface area contributed by atoms with Gasteiger partial charge in [0.2, 0.25) is 0 Å². The van der Waals surface area contributed by atoms with E-state index in [2.05, 4.69) is 16.4 Å². The Morgan fingerprint density at radius 2 is 2.50 bits per heavy atom. The van der Waals surface area contributed by atoms with E-state index in [9.17, 15) is 4.53 Å². The summed E-state index contributed by atoms with van der Waals surface area (Å²) in [4.78, 5) is 6.10. The first-order chi connectivity index (χ1) is 5.77. The lowest BCUT2D eigenvalue weighted by atomic mass is 9.94. The zero-order chi connectivity index (χ0) is 8.60. The summed E-state index contributed by atoms with van der Waals surface area (Å²) in [5.74, 6) is 0. The maximum atomic E-state index is 11.8. The molecule has 2 fully saturated rings. The van der Waals surface area contributed by atoms with Crippen LogP contribution >= 0.6 is 0 Å². The third-order valence-electron chi connectivity index (χ3n) is 3.06. The van der Waals surface area contributed by atoms with Gasteiger partial charge in [0, 0.05) is 6.54 Å². The van der Waals surface area contributed by atoms with E-state index in [1.165, 1.54) is 5.57 Å². The summed E-state index contributed by atoms with van der Waals surface area (Å²) < 4.78 is 11.8. The van der Waals surface area contributed by atoms with Gasteiger partial charge in [0.1, 0.15) is 6.61 Å². The lowest BCUT2D eigenvalue weighted by molar-refractivity contribution is -0.160. The molecule has 2 heterocycles. The zero-order valence-corrected chi connectivity index (χ0v) is 7.18. The molecule has 3 heteroatoms. The Hall–Kier alpha value is -0.410. The topological polar surface area (TPSA) is 12.5 Å². The van der Waals surface area contributed by atoms with Crippen LogP contribution < -0.4 is 0 Å². The average molecular weight is 171 g/mol. The summed E-state index contributed by atoms with van der Waals surface area (Å²) in [5, 5.41) is 0. The van der Waals surface area contributed by atoms with Gasteiger partial charge in [-0.15, -0.1) is 0 Å². The molecule has 68 valence electrons. The van der Waals surface area contributed by atoms with Gasteiger partial charge in [0.05, 0.1) is 5.54 Å². The SMILES string of the molecule is C=C1CN2CCCC2(COF)C1. The van der Waals surface area contributed by atoms with E-state index in [4.69, 9.17) is 0 Å². The van der Waals surface area contributed by atoms with Crippen molar-refractivity contribution in [2.45, 2.75) is 24.8 Å². The number of hydrogen-bond donors (Lipinski definition) is 0. The van der Waals surface area contributed by atoms with Crippen molar-refractivity contribution in [2.24, 2.45) is 0 Å². The van der Waals surface area contributed by atoms with Crippen LogP contribution in [0.3, 0.4) is 0 Å². The molecule has 12 heavy (non-hydrogen) atoms. The Kier molecular flexibility index (Phi) is 1.93. The second kappa shape index (κ2) is 2.82. The molecule has 2 rings (SSSR count). The number of rotatable bonds is 2. The summed E-state index contributed by atoms with van der Waals surface area (Å²) >= 11 is 0. The second-order valence-electron chi connectivity index (χ2n) is 3.93. The number of halogens is 1. The molecular formula is C9H14FNO. The fourth-order valence-corrected chi connectivity index (χ4v) is 2.55. The molecule has 0 N–H and O–H groups in total. The molecule has 2 nitrogen and oxygen atoms in total. The van der Waals surface area contributed by atoms with Crippen LogP contribution in [-0.2, 0) is 4.94 Å². The Morgan fingerprint density at radius 1 is 1.67 bits per heavy atom. The van der Waals surface area contributed by atoms with Gasteiger partial charge >= 0.3 is 0 Å². The van der Waals surface area contributed by atoms with Gasteiger partial charge < -0.3 is 0 Å². The standard InChI is InChI=1S/C9H14FNO/c1-8-5-9(7-12-10)3-2-4-11(9)6-8/h1-7H2. The Morgan fingerprint density at radius 3 is 3.25 bits per heavy atom. The van der Waals surface area contributed by atoms with Crippen molar-refractivity contribution >= 4 is 0 Å². The van der Waals surface area contributed by atoms with Crippen LogP contribution in [0.4, 0.5) is 4.53 Å². The summed E-state index contributed by atoms with van der Waals surface area (Å²) in [6, 6.07) is 0. The highest BCUT2D eigenvalue weighted by Gasteiger charge is 2.46. The minimum absolute atomic E-state index is 0.0359. The van der Waals surface area contributed by atoms with Crippen LogP contribution in [0.2, 0.25) is 0 Å². The molecule has 0 spiro atoms. The van der Waals surface area contributed by atoms with Crippen molar-refractivity contribution < 1.29 is 9.47 Å². The van der Waals surface area contributed by atoms with E-state index in [0.717, 1.165) is 32.4 Å². The van der Waals surface area contributed by atoms with Crippen molar-refractivity contribution in [3.05, 3.63) is 12.2 Å². The predicted molar refractivity (Wildman–Crippen MR) is 44.4 cm³/mol. The molecule has 0 bridgehead atoms. The molecule has 0 amide bonds. The molecular weight excluding hydrogens is 157 g/mol. The maximum absolute atomic E-state index is 11.8. The van der Waals surface area contributed by atoms with Crippen molar-refractivity contribution in [3.63, 3.8) is 0 Å². The third-order valence-corrected chi connectivity index (χ3v) is 3.06. The first kappa shape index (κ1) is 8.20. The molecule has 0 radical (unpaired) electrons. The smallest absolute Gasteiger partial charge is 0.106 e. The third kappa shape index (κ3) is 1.08. The molecule has 2 aliphatic rings. The highest BCUT2D eigenvalue weighted by atomic mass is 19.3. The molecule has 1 atom stereocenters. The lowest BCUT2D eigenvalue weighted by Gasteiger charge is -2.29. The van der Waals surface area contributed by atoms with E-state index < -0.39 is 0 Å². The minimum Gasteiger partial charge on any atom is -0.291 e. The zero-order valence-electron chi connectivity index (χ0n) is 7.18. The first-order valence-corrected chi connectivity index (χ1v) is 4.42. The molecule has 0 aromatic carbocycles. The number of hydrogen-bond acceptors (Lipinski definition) is 2. The summed E-state index contributed by atoms with van der Waals surface area (Å²) in [6.07, 6.45) is 3.13. The van der Waals surface area contributed by atoms with Gasteiger partial charge in [0.25, 0.3) is 0 Å². The minimum atomic E-state index is -0.0359. The van der Waals surface area contributed by atoms with Gasteiger partial charge in [-0.2, -0.15) is 4.94 Å². The fraction of sp³-hybridized carbons (Fsp3) is 0.778. The van der Waals surface area contributed by atoms with Gasteiger partial charge in [-0.1, -0.05) is 12.2 Å². The van der Waals surface area contributed by atoms with Gasteiger partial charge in [-0.25, -0.2) is 0 Å². The number of nitrogens with zero attached hydrogens (tertiary/aromatic N) is 1. The molecule has 1 unspecified atom stereocenters. The quantitative estimate of drug-likeness (QED) is 0.586. The van der Waals surface area contributed by atoms with Crippen molar-refractivity contribution in [2.75, 3.05) is 19.7 Å². The number of fused-ring (bicyclic) bond motifs is 1. The molecule has 2 saturated heterocycles. The summed E-state index contributed by atoms with van der Waals surface area (Å²) in [5.41, 5.74) is 1.18. The van der Waals surface area contributed by atoms with E-state index >= 15 is 0 Å².